The predicted octanol–water partition coefficient (Wildman–Crippen LogP) is 4.29. The van der Waals surface area contributed by atoms with E-state index >= 15 is 0 Å². The number of thiazole rings is 1. The van der Waals surface area contributed by atoms with Crippen LogP contribution in [0.15, 0.2) is 52.5 Å². The van der Waals surface area contributed by atoms with E-state index in [1.807, 2.05) is 11.4 Å². The molecule has 0 aliphatic carbocycles. The van der Waals surface area contributed by atoms with Crippen molar-refractivity contribution in [3.8, 4) is 11.3 Å². The molecule has 0 aliphatic heterocycles. The second-order valence-electron chi connectivity index (χ2n) is 5.26. The average Bonchev–Trinajstić information content (AvgIpc) is 3.26. The van der Waals surface area contributed by atoms with E-state index < -0.39 is 0 Å². The summed E-state index contributed by atoms with van der Waals surface area (Å²) in [5.41, 5.74) is 3.49. The zero-order chi connectivity index (χ0) is 16.7. The van der Waals surface area contributed by atoms with Gasteiger partial charge in [0, 0.05) is 30.1 Å². The van der Waals surface area contributed by atoms with Crippen LogP contribution >= 0.6 is 11.3 Å². The van der Waals surface area contributed by atoms with E-state index in [2.05, 4.69) is 10.3 Å². The molecule has 5 nitrogen and oxygen atoms in total. The van der Waals surface area contributed by atoms with Crippen LogP contribution in [0.3, 0.4) is 0 Å². The van der Waals surface area contributed by atoms with Crippen LogP contribution in [-0.4, -0.2) is 15.5 Å². The molecule has 1 N–H and O–H groups in total. The van der Waals surface area contributed by atoms with Gasteiger partial charge in [-0.05, 0) is 24.3 Å². The molecule has 120 valence electrons. The highest BCUT2D eigenvalue weighted by Gasteiger charge is 2.16. The number of hydrogen-bond donors (Lipinski definition) is 1. The van der Waals surface area contributed by atoms with Crippen molar-refractivity contribution in [3.63, 3.8) is 0 Å². The molecular weight excluding hydrogens is 329 g/mol. The molecule has 7 heteroatoms. The first-order chi connectivity index (χ1) is 11.6. The highest BCUT2D eigenvalue weighted by Crippen LogP contribution is 2.26. The highest BCUT2D eigenvalue weighted by atomic mass is 32.1. The van der Waals surface area contributed by atoms with Gasteiger partial charge in [-0.15, -0.1) is 11.3 Å². The standard InChI is InChI=1S/C17H12FN3O2S/c1-21-13-6-7-23-15(13)8-14(21)16(22)20-17-19-12(9-24-17)10-2-4-11(18)5-3-10/h2-9H,1H3,(H,19,20,22). The van der Waals surface area contributed by atoms with Gasteiger partial charge in [-0.25, -0.2) is 9.37 Å². The number of furan rings is 1. The van der Waals surface area contributed by atoms with Crippen molar-refractivity contribution in [1.29, 1.82) is 0 Å². The van der Waals surface area contributed by atoms with E-state index in [0.717, 1.165) is 11.1 Å². The maximum atomic E-state index is 13.0. The minimum atomic E-state index is -0.296. The molecule has 1 amide bonds. The summed E-state index contributed by atoms with van der Waals surface area (Å²) in [6.07, 6.45) is 1.59. The Morgan fingerprint density at radius 1 is 1.29 bits per heavy atom. The summed E-state index contributed by atoms with van der Waals surface area (Å²) in [4.78, 5) is 16.8. The van der Waals surface area contributed by atoms with Crippen molar-refractivity contribution < 1.29 is 13.6 Å². The average molecular weight is 341 g/mol. The number of halogens is 1. The Balaban J connectivity index is 1.57. The third-order valence-electron chi connectivity index (χ3n) is 3.76. The Hall–Kier alpha value is -2.93. The zero-order valence-electron chi connectivity index (χ0n) is 12.6. The van der Waals surface area contributed by atoms with Crippen LogP contribution in [0.25, 0.3) is 22.4 Å². The zero-order valence-corrected chi connectivity index (χ0v) is 13.4. The maximum absolute atomic E-state index is 13.0. The van der Waals surface area contributed by atoms with Gasteiger partial charge in [0.25, 0.3) is 5.91 Å². The Bertz CT molecular complexity index is 1030. The van der Waals surface area contributed by atoms with Gasteiger partial charge in [-0.1, -0.05) is 0 Å². The number of fused-ring (bicyclic) bond motifs is 1. The van der Waals surface area contributed by atoms with Crippen molar-refractivity contribution in [2.75, 3.05) is 5.32 Å². The van der Waals surface area contributed by atoms with E-state index in [-0.39, 0.29) is 11.7 Å². The first-order valence-corrected chi connectivity index (χ1v) is 8.05. The van der Waals surface area contributed by atoms with Gasteiger partial charge in [-0.3, -0.25) is 10.1 Å². The van der Waals surface area contributed by atoms with Crippen LogP contribution in [0.5, 0.6) is 0 Å². The van der Waals surface area contributed by atoms with Crippen LogP contribution < -0.4 is 5.32 Å². The van der Waals surface area contributed by atoms with Crippen LogP contribution in [-0.2, 0) is 7.05 Å². The number of benzene rings is 1. The molecule has 4 rings (SSSR count). The van der Waals surface area contributed by atoms with Crippen molar-refractivity contribution >= 4 is 33.5 Å². The number of amides is 1. The summed E-state index contributed by atoms with van der Waals surface area (Å²) in [5, 5.41) is 5.09. The van der Waals surface area contributed by atoms with Crippen molar-refractivity contribution in [2.24, 2.45) is 7.05 Å². The maximum Gasteiger partial charge on any atom is 0.274 e. The lowest BCUT2D eigenvalue weighted by Crippen LogP contribution is -2.15. The Kier molecular flexibility index (Phi) is 3.42. The van der Waals surface area contributed by atoms with Crippen LogP contribution in [0.1, 0.15) is 10.5 Å². The van der Waals surface area contributed by atoms with Crippen LogP contribution in [0.4, 0.5) is 9.52 Å². The summed E-state index contributed by atoms with van der Waals surface area (Å²) in [5.74, 6) is -0.556. The van der Waals surface area contributed by atoms with Gasteiger partial charge in [-0.2, -0.15) is 0 Å². The molecule has 0 radical (unpaired) electrons. The normalized spacial score (nSPS) is 11.1. The third kappa shape index (κ3) is 2.48. The number of aryl methyl sites for hydroxylation is 1. The molecule has 0 aliphatic rings. The quantitative estimate of drug-likeness (QED) is 0.605. The first-order valence-electron chi connectivity index (χ1n) is 7.17. The molecule has 0 atom stereocenters. The summed E-state index contributed by atoms with van der Waals surface area (Å²) in [6, 6.07) is 9.57. The number of rotatable bonds is 3. The summed E-state index contributed by atoms with van der Waals surface area (Å²) < 4.78 is 20.1. The lowest BCUT2D eigenvalue weighted by atomic mass is 10.2. The number of aromatic nitrogens is 2. The molecule has 0 bridgehead atoms. The highest BCUT2D eigenvalue weighted by molar-refractivity contribution is 7.14. The fourth-order valence-corrected chi connectivity index (χ4v) is 3.23. The molecule has 0 fully saturated rings. The number of carbonyl (C=O) groups is 1. The third-order valence-corrected chi connectivity index (χ3v) is 4.52. The summed E-state index contributed by atoms with van der Waals surface area (Å²) >= 11 is 1.32. The molecule has 0 saturated heterocycles. The van der Waals surface area contributed by atoms with Crippen molar-refractivity contribution in [3.05, 3.63) is 59.6 Å². The van der Waals surface area contributed by atoms with Crippen molar-refractivity contribution in [2.45, 2.75) is 0 Å². The van der Waals surface area contributed by atoms with Crippen molar-refractivity contribution in [1.82, 2.24) is 9.55 Å². The largest absolute Gasteiger partial charge is 0.463 e. The second-order valence-corrected chi connectivity index (χ2v) is 6.12. The van der Waals surface area contributed by atoms with Gasteiger partial charge in [0.15, 0.2) is 10.7 Å². The minimum Gasteiger partial charge on any atom is -0.463 e. The van der Waals surface area contributed by atoms with Crippen LogP contribution in [0, 0.1) is 5.82 Å². The fraction of sp³-hybridized carbons (Fsp3) is 0.0588. The van der Waals surface area contributed by atoms with E-state index in [1.165, 1.54) is 23.5 Å². The van der Waals surface area contributed by atoms with Gasteiger partial charge >= 0.3 is 0 Å². The first kappa shape index (κ1) is 14.6. The number of carbonyl (C=O) groups excluding carboxylic acids is 1. The Morgan fingerprint density at radius 3 is 2.83 bits per heavy atom. The van der Waals surface area contributed by atoms with Gasteiger partial charge in [0.2, 0.25) is 0 Å². The molecular formula is C17H12FN3O2S. The molecule has 0 unspecified atom stereocenters. The number of hydrogen-bond acceptors (Lipinski definition) is 4. The molecule has 4 aromatic rings. The lowest BCUT2D eigenvalue weighted by molar-refractivity contribution is 0.101. The number of anilines is 1. The van der Waals surface area contributed by atoms with Gasteiger partial charge in [0.1, 0.15) is 11.5 Å². The molecule has 24 heavy (non-hydrogen) atoms. The Labute approximate surface area is 140 Å². The molecule has 1 aromatic carbocycles. The monoisotopic (exact) mass is 341 g/mol. The van der Waals surface area contributed by atoms with E-state index in [1.54, 1.807) is 36.1 Å². The van der Waals surface area contributed by atoms with Gasteiger partial charge < -0.3 is 8.98 Å². The SMILES string of the molecule is Cn1c(C(=O)Nc2nc(-c3ccc(F)cc3)cs2)cc2occc21. The summed E-state index contributed by atoms with van der Waals surface area (Å²) in [6.45, 7) is 0. The number of nitrogens with zero attached hydrogens (tertiary/aromatic N) is 2. The smallest absolute Gasteiger partial charge is 0.274 e. The van der Waals surface area contributed by atoms with E-state index in [0.29, 0.717) is 22.1 Å². The van der Waals surface area contributed by atoms with Crippen LogP contribution in [0.2, 0.25) is 0 Å². The molecule has 0 spiro atoms. The second kappa shape index (κ2) is 5.61. The summed E-state index contributed by atoms with van der Waals surface area (Å²) in [7, 11) is 1.80. The minimum absolute atomic E-state index is 0.260. The van der Waals surface area contributed by atoms with E-state index in [9.17, 15) is 9.18 Å². The van der Waals surface area contributed by atoms with E-state index in [4.69, 9.17) is 4.42 Å². The Morgan fingerprint density at radius 2 is 2.08 bits per heavy atom. The molecule has 0 saturated carbocycles. The predicted molar refractivity (Wildman–Crippen MR) is 90.6 cm³/mol. The lowest BCUT2D eigenvalue weighted by Gasteiger charge is -2.03. The topological polar surface area (TPSA) is 60.1 Å². The fourth-order valence-electron chi connectivity index (χ4n) is 2.51. The molecule has 3 heterocycles. The van der Waals surface area contributed by atoms with Gasteiger partial charge in [0.05, 0.1) is 17.5 Å². The molecule has 3 aromatic heterocycles. The number of nitrogens with one attached hydrogen (secondary N) is 1.